The van der Waals surface area contributed by atoms with Crippen molar-refractivity contribution in [1.29, 1.82) is 0 Å². The maximum Gasteiger partial charge on any atom is 0.241 e. The number of nitrogens with one attached hydrogen (secondary N) is 1. The fourth-order valence-corrected chi connectivity index (χ4v) is 2.47. The molecule has 0 aliphatic carbocycles. The lowest BCUT2D eigenvalue weighted by molar-refractivity contribution is -0.122. The van der Waals surface area contributed by atoms with Crippen molar-refractivity contribution in [1.82, 2.24) is 4.90 Å². The molecule has 1 aliphatic heterocycles. The van der Waals surface area contributed by atoms with E-state index in [0.29, 0.717) is 28.9 Å². The second kappa shape index (κ2) is 6.57. The van der Waals surface area contributed by atoms with Crippen LogP contribution in [-0.4, -0.2) is 43.2 Å². The first-order valence-electron chi connectivity index (χ1n) is 6.16. The molecule has 0 bridgehead atoms. The average molecular weight is 303 g/mol. The summed E-state index contributed by atoms with van der Waals surface area (Å²) in [5, 5.41) is 3.67. The molecule has 0 saturated carbocycles. The molecule has 1 amide bonds. The van der Waals surface area contributed by atoms with Crippen molar-refractivity contribution in [3.8, 4) is 0 Å². The second-order valence-corrected chi connectivity index (χ2v) is 5.22. The number of para-hydroxylation sites is 1. The quantitative estimate of drug-likeness (QED) is 0.933. The number of carbonyl (C=O) groups excluding carboxylic acids is 1. The highest BCUT2D eigenvalue weighted by atomic mass is 35.5. The van der Waals surface area contributed by atoms with Gasteiger partial charge in [0.1, 0.15) is 0 Å². The smallest absolute Gasteiger partial charge is 0.241 e. The Morgan fingerprint density at radius 2 is 1.89 bits per heavy atom. The molecule has 4 nitrogen and oxygen atoms in total. The Labute approximate surface area is 122 Å². The highest BCUT2D eigenvalue weighted by Gasteiger charge is 2.24. The monoisotopic (exact) mass is 302 g/mol. The fourth-order valence-electron chi connectivity index (χ4n) is 1.98. The topological polar surface area (TPSA) is 41.6 Å². The Hall–Kier alpha value is -0.810. The van der Waals surface area contributed by atoms with E-state index in [0.717, 1.165) is 13.1 Å². The minimum atomic E-state index is -0.240. The molecule has 1 saturated heterocycles. The number of ether oxygens (including phenoxy) is 1. The molecule has 0 radical (unpaired) electrons. The maximum absolute atomic E-state index is 12.2. The molecule has 1 fully saturated rings. The number of rotatable bonds is 3. The summed E-state index contributed by atoms with van der Waals surface area (Å²) in [4.78, 5) is 14.3. The number of hydrogen-bond acceptors (Lipinski definition) is 3. The Kier molecular flexibility index (Phi) is 5.05. The molecule has 1 aliphatic rings. The molecular formula is C13H16Cl2N2O2. The Bertz CT molecular complexity index is 442. The number of benzene rings is 1. The van der Waals surface area contributed by atoms with Gasteiger partial charge in [-0.25, -0.2) is 0 Å². The van der Waals surface area contributed by atoms with Crippen molar-refractivity contribution in [2.24, 2.45) is 0 Å². The molecule has 0 aromatic heterocycles. The van der Waals surface area contributed by atoms with Crippen LogP contribution in [0.4, 0.5) is 5.69 Å². The Balaban J connectivity index is 2.04. The molecule has 1 aromatic rings. The van der Waals surface area contributed by atoms with E-state index in [9.17, 15) is 4.79 Å². The van der Waals surface area contributed by atoms with Crippen molar-refractivity contribution in [3.05, 3.63) is 28.2 Å². The van der Waals surface area contributed by atoms with Crippen LogP contribution in [0.2, 0.25) is 10.0 Å². The fraction of sp³-hybridized carbons (Fsp3) is 0.462. The molecule has 0 spiro atoms. The molecule has 6 heteroatoms. The van der Waals surface area contributed by atoms with Crippen molar-refractivity contribution in [2.45, 2.75) is 13.0 Å². The van der Waals surface area contributed by atoms with E-state index < -0.39 is 0 Å². The summed E-state index contributed by atoms with van der Waals surface area (Å²) in [5.41, 5.74) is 0.468. The van der Waals surface area contributed by atoms with Gasteiger partial charge in [-0.05, 0) is 19.1 Å². The van der Waals surface area contributed by atoms with Gasteiger partial charge in [-0.1, -0.05) is 29.3 Å². The summed E-state index contributed by atoms with van der Waals surface area (Å²) in [6.45, 7) is 4.69. The summed E-state index contributed by atoms with van der Waals surface area (Å²) in [6, 6.07) is 4.90. The van der Waals surface area contributed by atoms with Crippen LogP contribution < -0.4 is 5.32 Å². The molecule has 104 valence electrons. The third-order valence-corrected chi connectivity index (χ3v) is 3.81. The molecular weight excluding hydrogens is 287 g/mol. The SMILES string of the molecule is C[C@@H](C(=O)Nc1c(Cl)cccc1Cl)N1CCOCC1. The van der Waals surface area contributed by atoms with Crippen LogP contribution in [0, 0.1) is 0 Å². The van der Waals surface area contributed by atoms with E-state index in [1.165, 1.54) is 0 Å². The van der Waals surface area contributed by atoms with Gasteiger partial charge in [0.25, 0.3) is 0 Å². The van der Waals surface area contributed by atoms with E-state index in [1.807, 2.05) is 6.92 Å². The zero-order chi connectivity index (χ0) is 13.8. The zero-order valence-electron chi connectivity index (χ0n) is 10.7. The summed E-state index contributed by atoms with van der Waals surface area (Å²) < 4.78 is 5.27. The number of anilines is 1. The highest BCUT2D eigenvalue weighted by molar-refractivity contribution is 6.39. The van der Waals surface area contributed by atoms with Crippen LogP contribution in [0.3, 0.4) is 0 Å². The third kappa shape index (κ3) is 3.60. The van der Waals surface area contributed by atoms with Crippen LogP contribution in [0.5, 0.6) is 0 Å². The first-order valence-corrected chi connectivity index (χ1v) is 6.92. The van der Waals surface area contributed by atoms with Gasteiger partial charge in [-0.15, -0.1) is 0 Å². The average Bonchev–Trinajstić information content (AvgIpc) is 2.43. The Morgan fingerprint density at radius 3 is 2.47 bits per heavy atom. The molecule has 1 N–H and O–H groups in total. The minimum absolute atomic E-state index is 0.114. The van der Waals surface area contributed by atoms with E-state index in [2.05, 4.69) is 10.2 Å². The summed E-state index contributed by atoms with van der Waals surface area (Å²) in [6.07, 6.45) is 0. The van der Waals surface area contributed by atoms with Gasteiger partial charge in [0.15, 0.2) is 0 Å². The van der Waals surface area contributed by atoms with Crippen LogP contribution in [0.1, 0.15) is 6.92 Å². The standard InChI is InChI=1S/C13H16Cl2N2O2/c1-9(17-5-7-19-8-6-17)13(18)16-12-10(14)3-2-4-11(12)15/h2-4,9H,5-8H2,1H3,(H,16,18)/t9-/m0/s1. The number of nitrogens with zero attached hydrogens (tertiary/aromatic N) is 1. The largest absolute Gasteiger partial charge is 0.379 e. The van der Waals surface area contributed by atoms with Gasteiger partial charge in [0.05, 0.1) is 35.0 Å². The summed E-state index contributed by atoms with van der Waals surface area (Å²) in [5.74, 6) is -0.114. The number of carbonyl (C=O) groups is 1. The van der Waals surface area contributed by atoms with Crippen molar-refractivity contribution in [3.63, 3.8) is 0 Å². The van der Waals surface area contributed by atoms with Crippen molar-refractivity contribution < 1.29 is 9.53 Å². The second-order valence-electron chi connectivity index (χ2n) is 4.41. The van der Waals surface area contributed by atoms with Gasteiger partial charge < -0.3 is 10.1 Å². The maximum atomic E-state index is 12.2. The minimum Gasteiger partial charge on any atom is -0.379 e. The molecule has 1 atom stereocenters. The zero-order valence-corrected chi connectivity index (χ0v) is 12.2. The lowest BCUT2D eigenvalue weighted by atomic mass is 10.2. The van der Waals surface area contributed by atoms with Crippen LogP contribution in [0.25, 0.3) is 0 Å². The highest BCUT2D eigenvalue weighted by Crippen LogP contribution is 2.30. The van der Waals surface area contributed by atoms with Gasteiger partial charge in [0.2, 0.25) is 5.91 Å². The number of morpholine rings is 1. The molecule has 1 heterocycles. The van der Waals surface area contributed by atoms with Gasteiger partial charge >= 0.3 is 0 Å². The predicted octanol–water partition coefficient (Wildman–Crippen LogP) is 2.65. The van der Waals surface area contributed by atoms with E-state index in [-0.39, 0.29) is 11.9 Å². The molecule has 19 heavy (non-hydrogen) atoms. The van der Waals surface area contributed by atoms with Gasteiger partial charge in [-0.2, -0.15) is 0 Å². The molecule has 1 aromatic carbocycles. The van der Waals surface area contributed by atoms with E-state index >= 15 is 0 Å². The lowest BCUT2D eigenvalue weighted by Gasteiger charge is -2.31. The van der Waals surface area contributed by atoms with Gasteiger partial charge in [0, 0.05) is 13.1 Å². The molecule has 2 rings (SSSR count). The number of halogens is 2. The third-order valence-electron chi connectivity index (χ3n) is 3.18. The summed E-state index contributed by atoms with van der Waals surface area (Å²) in [7, 11) is 0. The summed E-state index contributed by atoms with van der Waals surface area (Å²) >= 11 is 12.1. The first kappa shape index (κ1) is 14.6. The Morgan fingerprint density at radius 1 is 1.32 bits per heavy atom. The van der Waals surface area contributed by atoms with Crippen molar-refractivity contribution in [2.75, 3.05) is 31.6 Å². The normalized spacial score (nSPS) is 18.1. The lowest BCUT2D eigenvalue weighted by Crippen LogP contribution is -2.47. The van der Waals surface area contributed by atoms with Crippen molar-refractivity contribution >= 4 is 34.8 Å². The first-order chi connectivity index (χ1) is 9.09. The van der Waals surface area contributed by atoms with Crippen LogP contribution in [0.15, 0.2) is 18.2 Å². The molecule has 0 unspecified atom stereocenters. The predicted molar refractivity (Wildman–Crippen MR) is 76.9 cm³/mol. The van der Waals surface area contributed by atoms with Gasteiger partial charge in [-0.3, -0.25) is 9.69 Å². The number of amides is 1. The van der Waals surface area contributed by atoms with Crippen LogP contribution >= 0.6 is 23.2 Å². The number of hydrogen-bond donors (Lipinski definition) is 1. The van der Waals surface area contributed by atoms with Crippen LogP contribution in [-0.2, 0) is 9.53 Å². The van der Waals surface area contributed by atoms with E-state index in [4.69, 9.17) is 27.9 Å². The van der Waals surface area contributed by atoms with E-state index in [1.54, 1.807) is 18.2 Å².